The summed E-state index contributed by atoms with van der Waals surface area (Å²) in [6.45, 7) is 0. The Balaban J connectivity index is 3.05. The summed E-state index contributed by atoms with van der Waals surface area (Å²) in [6, 6.07) is 0. The summed E-state index contributed by atoms with van der Waals surface area (Å²) in [4.78, 5) is 17.5. The number of ether oxygens (including phenoxy) is 1. The standard InChI is InChI=1S/C7H12N4O2/c1-11(2)10-6-5(13-3)7(12)9-4-8-6/h4H,1-3H3,(H2,8,9,10,12). The molecule has 0 bridgehead atoms. The van der Waals surface area contributed by atoms with Crippen molar-refractivity contribution in [3.05, 3.63) is 16.7 Å². The highest BCUT2D eigenvalue weighted by Gasteiger charge is 2.08. The van der Waals surface area contributed by atoms with Crippen LogP contribution in [0.3, 0.4) is 0 Å². The molecule has 0 unspecified atom stereocenters. The topological polar surface area (TPSA) is 70.2 Å². The van der Waals surface area contributed by atoms with Crippen LogP contribution in [0.15, 0.2) is 11.1 Å². The Morgan fingerprint density at radius 1 is 1.62 bits per heavy atom. The fourth-order valence-electron chi connectivity index (χ4n) is 0.868. The average Bonchev–Trinajstić information content (AvgIpc) is 2.03. The van der Waals surface area contributed by atoms with E-state index < -0.39 is 0 Å². The maximum Gasteiger partial charge on any atom is 0.295 e. The lowest BCUT2D eigenvalue weighted by Gasteiger charge is -2.13. The Kier molecular flexibility index (Phi) is 2.86. The van der Waals surface area contributed by atoms with E-state index in [4.69, 9.17) is 4.74 Å². The second kappa shape index (κ2) is 3.90. The largest absolute Gasteiger partial charge is 0.488 e. The molecular formula is C7H12N4O2. The van der Waals surface area contributed by atoms with Gasteiger partial charge in [0.1, 0.15) is 0 Å². The van der Waals surface area contributed by atoms with Crippen LogP contribution in [0.5, 0.6) is 5.75 Å². The molecule has 1 heterocycles. The fraction of sp³-hybridized carbons (Fsp3) is 0.429. The second-order valence-corrected chi connectivity index (χ2v) is 2.62. The quantitative estimate of drug-likeness (QED) is 0.629. The number of nitrogens with zero attached hydrogens (tertiary/aromatic N) is 2. The van der Waals surface area contributed by atoms with Gasteiger partial charge in [-0.1, -0.05) is 0 Å². The molecule has 0 radical (unpaired) electrons. The molecule has 0 aliphatic heterocycles. The minimum absolute atomic E-state index is 0.177. The van der Waals surface area contributed by atoms with Gasteiger partial charge in [-0.25, -0.2) is 9.99 Å². The second-order valence-electron chi connectivity index (χ2n) is 2.62. The molecule has 0 amide bonds. The molecule has 6 nitrogen and oxygen atoms in total. The minimum Gasteiger partial charge on any atom is -0.488 e. The zero-order valence-corrected chi connectivity index (χ0v) is 7.79. The number of rotatable bonds is 3. The third-order valence-electron chi connectivity index (χ3n) is 1.34. The number of hydrazine groups is 1. The van der Waals surface area contributed by atoms with Crippen LogP contribution in [0.25, 0.3) is 0 Å². The molecule has 0 saturated carbocycles. The summed E-state index contributed by atoms with van der Waals surface area (Å²) in [5.41, 5.74) is 2.54. The van der Waals surface area contributed by atoms with E-state index in [9.17, 15) is 4.79 Å². The maximum atomic E-state index is 11.2. The predicted octanol–water partition coefficient (Wildman–Crippen LogP) is -0.333. The molecule has 0 aliphatic carbocycles. The van der Waals surface area contributed by atoms with Gasteiger partial charge >= 0.3 is 0 Å². The molecule has 0 saturated heterocycles. The summed E-state index contributed by atoms with van der Waals surface area (Å²) in [5.74, 6) is 0.576. The lowest BCUT2D eigenvalue weighted by Crippen LogP contribution is -2.23. The predicted molar refractivity (Wildman–Crippen MR) is 48.7 cm³/mol. The number of anilines is 1. The molecule has 6 heteroatoms. The number of hydrogen-bond acceptors (Lipinski definition) is 5. The number of H-pyrrole nitrogens is 1. The summed E-state index contributed by atoms with van der Waals surface area (Å²) in [7, 11) is 5.01. The van der Waals surface area contributed by atoms with Crippen molar-refractivity contribution in [1.82, 2.24) is 15.0 Å². The van der Waals surface area contributed by atoms with Gasteiger partial charge in [0.05, 0.1) is 13.4 Å². The highest BCUT2D eigenvalue weighted by atomic mass is 16.5. The van der Waals surface area contributed by atoms with Crippen molar-refractivity contribution < 1.29 is 4.74 Å². The molecule has 13 heavy (non-hydrogen) atoms. The molecule has 0 spiro atoms. The molecule has 0 aromatic carbocycles. The lowest BCUT2D eigenvalue weighted by molar-refractivity contribution is 0.401. The van der Waals surface area contributed by atoms with E-state index in [2.05, 4.69) is 15.4 Å². The Morgan fingerprint density at radius 2 is 2.31 bits per heavy atom. The van der Waals surface area contributed by atoms with E-state index in [1.807, 2.05) is 0 Å². The summed E-state index contributed by atoms with van der Waals surface area (Å²) in [6.07, 6.45) is 1.32. The number of aromatic nitrogens is 2. The zero-order valence-electron chi connectivity index (χ0n) is 7.79. The fourth-order valence-corrected chi connectivity index (χ4v) is 0.868. The Morgan fingerprint density at radius 3 is 2.85 bits per heavy atom. The van der Waals surface area contributed by atoms with E-state index in [0.29, 0.717) is 5.82 Å². The van der Waals surface area contributed by atoms with Crippen LogP contribution in [0.4, 0.5) is 5.82 Å². The van der Waals surface area contributed by atoms with Gasteiger partial charge in [-0.05, 0) is 0 Å². The summed E-state index contributed by atoms with van der Waals surface area (Å²) < 4.78 is 4.88. The van der Waals surface area contributed by atoms with Crippen molar-refractivity contribution in [3.63, 3.8) is 0 Å². The van der Waals surface area contributed by atoms with Crippen molar-refractivity contribution in [3.8, 4) is 5.75 Å². The first-order valence-corrected chi connectivity index (χ1v) is 3.71. The SMILES string of the molecule is COc1c(NN(C)C)nc[nH]c1=O. The van der Waals surface area contributed by atoms with Gasteiger partial charge in [0.25, 0.3) is 5.56 Å². The van der Waals surface area contributed by atoms with Crippen molar-refractivity contribution in [2.75, 3.05) is 26.6 Å². The van der Waals surface area contributed by atoms with Crippen LogP contribution in [0.2, 0.25) is 0 Å². The van der Waals surface area contributed by atoms with Gasteiger partial charge in [0.2, 0.25) is 5.75 Å². The van der Waals surface area contributed by atoms with Crippen molar-refractivity contribution >= 4 is 5.82 Å². The Hall–Kier alpha value is -1.56. The highest BCUT2D eigenvalue weighted by Crippen LogP contribution is 2.13. The monoisotopic (exact) mass is 184 g/mol. The number of hydrogen-bond donors (Lipinski definition) is 2. The molecule has 0 atom stereocenters. The molecule has 1 aromatic heterocycles. The average molecular weight is 184 g/mol. The zero-order chi connectivity index (χ0) is 9.84. The van der Waals surface area contributed by atoms with Gasteiger partial charge in [-0.2, -0.15) is 0 Å². The molecular weight excluding hydrogens is 172 g/mol. The first kappa shape index (κ1) is 9.53. The van der Waals surface area contributed by atoms with Crippen LogP contribution in [0, 0.1) is 0 Å². The number of nitrogens with one attached hydrogen (secondary N) is 2. The molecule has 0 aliphatic rings. The van der Waals surface area contributed by atoms with Crippen molar-refractivity contribution in [1.29, 1.82) is 0 Å². The minimum atomic E-state index is -0.304. The third kappa shape index (κ3) is 2.19. The Labute approximate surface area is 75.5 Å². The number of methoxy groups -OCH3 is 1. The van der Waals surface area contributed by atoms with Crippen LogP contribution < -0.4 is 15.7 Å². The molecule has 0 fully saturated rings. The lowest BCUT2D eigenvalue weighted by atomic mass is 10.5. The van der Waals surface area contributed by atoms with E-state index in [0.717, 1.165) is 0 Å². The highest BCUT2D eigenvalue weighted by molar-refractivity contribution is 5.46. The number of aromatic amines is 1. The Bertz CT molecular complexity index is 334. The van der Waals surface area contributed by atoms with Gasteiger partial charge in [0, 0.05) is 14.1 Å². The van der Waals surface area contributed by atoms with E-state index in [1.54, 1.807) is 19.1 Å². The maximum absolute atomic E-state index is 11.2. The molecule has 1 aromatic rings. The van der Waals surface area contributed by atoms with E-state index >= 15 is 0 Å². The van der Waals surface area contributed by atoms with Crippen molar-refractivity contribution in [2.45, 2.75) is 0 Å². The van der Waals surface area contributed by atoms with E-state index in [1.165, 1.54) is 13.4 Å². The van der Waals surface area contributed by atoms with Gasteiger partial charge in [-0.15, -0.1) is 0 Å². The van der Waals surface area contributed by atoms with Crippen LogP contribution in [-0.2, 0) is 0 Å². The summed E-state index contributed by atoms with van der Waals surface area (Å²) >= 11 is 0. The molecule has 72 valence electrons. The third-order valence-corrected chi connectivity index (χ3v) is 1.34. The summed E-state index contributed by atoms with van der Waals surface area (Å²) in [5, 5.41) is 1.67. The normalized spacial score (nSPS) is 10.2. The smallest absolute Gasteiger partial charge is 0.295 e. The van der Waals surface area contributed by atoms with E-state index in [-0.39, 0.29) is 11.3 Å². The molecule has 2 N–H and O–H groups in total. The van der Waals surface area contributed by atoms with Crippen LogP contribution >= 0.6 is 0 Å². The van der Waals surface area contributed by atoms with Crippen LogP contribution in [0.1, 0.15) is 0 Å². The van der Waals surface area contributed by atoms with Gasteiger partial charge in [0.15, 0.2) is 5.82 Å². The molecule has 1 rings (SSSR count). The van der Waals surface area contributed by atoms with Gasteiger partial charge < -0.3 is 15.1 Å². The van der Waals surface area contributed by atoms with Crippen molar-refractivity contribution in [2.24, 2.45) is 0 Å². The van der Waals surface area contributed by atoms with Gasteiger partial charge in [-0.3, -0.25) is 4.79 Å². The van der Waals surface area contributed by atoms with Crippen LogP contribution in [-0.4, -0.2) is 36.2 Å². The first-order valence-electron chi connectivity index (χ1n) is 3.71. The first-order chi connectivity index (χ1) is 6.15.